The van der Waals surface area contributed by atoms with Gasteiger partial charge in [0.15, 0.2) is 15.7 Å². The molecule has 148 valence electrons. The molecule has 0 aliphatic heterocycles. The van der Waals surface area contributed by atoms with E-state index in [9.17, 15) is 12.8 Å². The van der Waals surface area contributed by atoms with Crippen LogP contribution < -0.4 is 10.6 Å². The molecule has 29 heavy (non-hydrogen) atoms. The van der Waals surface area contributed by atoms with E-state index in [4.69, 9.17) is 0 Å². The lowest BCUT2D eigenvalue weighted by atomic mass is 10.1. The SMILES string of the molecule is CC1=Cc2c(ccc(Nc3ccnc(Nc4cccc(S(C)(=O)=O)c4)n3)c2F)C1. The molecule has 0 atom stereocenters. The van der Waals surface area contributed by atoms with Gasteiger partial charge in [-0.3, -0.25) is 0 Å². The number of fused-ring (bicyclic) bond motifs is 1. The Kier molecular flexibility index (Phi) is 4.79. The van der Waals surface area contributed by atoms with E-state index in [0.717, 1.165) is 23.8 Å². The molecule has 2 N–H and O–H groups in total. The van der Waals surface area contributed by atoms with Crippen LogP contribution in [0.1, 0.15) is 18.1 Å². The van der Waals surface area contributed by atoms with E-state index < -0.39 is 9.84 Å². The molecular weight excluding hydrogens is 391 g/mol. The Balaban J connectivity index is 1.57. The van der Waals surface area contributed by atoms with Gasteiger partial charge in [-0.15, -0.1) is 0 Å². The molecule has 0 saturated carbocycles. The van der Waals surface area contributed by atoms with E-state index in [-0.39, 0.29) is 16.7 Å². The molecule has 1 aliphatic carbocycles. The summed E-state index contributed by atoms with van der Waals surface area (Å²) in [6, 6.07) is 11.6. The normalized spacial score (nSPS) is 13.0. The van der Waals surface area contributed by atoms with E-state index in [1.54, 1.807) is 24.3 Å². The smallest absolute Gasteiger partial charge is 0.229 e. The number of halogens is 1. The van der Waals surface area contributed by atoms with E-state index in [1.165, 1.54) is 18.3 Å². The van der Waals surface area contributed by atoms with Gasteiger partial charge in [-0.2, -0.15) is 4.98 Å². The Bertz CT molecular complexity index is 1240. The fourth-order valence-corrected chi connectivity index (χ4v) is 3.86. The molecule has 0 bridgehead atoms. The van der Waals surface area contributed by atoms with Crippen LogP contribution in [0.15, 0.2) is 59.1 Å². The van der Waals surface area contributed by atoms with E-state index in [0.29, 0.717) is 22.8 Å². The van der Waals surface area contributed by atoms with Gasteiger partial charge in [0.1, 0.15) is 5.82 Å². The number of allylic oxidation sites excluding steroid dienone is 1. The largest absolute Gasteiger partial charge is 0.338 e. The highest BCUT2D eigenvalue weighted by molar-refractivity contribution is 7.90. The summed E-state index contributed by atoms with van der Waals surface area (Å²) in [6.45, 7) is 1.98. The van der Waals surface area contributed by atoms with Gasteiger partial charge in [0.05, 0.1) is 10.6 Å². The number of aromatic nitrogens is 2. The average Bonchev–Trinajstić information content (AvgIpc) is 3.05. The Morgan fingerprint density at radius 2 is 1.93 bits per heavy atom. The molecule has 0 saturated heterocycles. The molecule has 1 aliphatic rings. The van der Waals surface area contributed by atoms with Crippen molar-refractivity contribution in [3.63, 3.8) is 0 Å². The van der Waals surface area contributed by atoms with Gasteiger partial charge in [-0.1, -0.05) is 23.8 Å². The number of hydrogen-bond donors (Lipinski definition) is 2. The highest BCUT2D eigenvalue weighted by atomic mass is 32.2. The molecule has 0 radical (unpaired) electrons. The van der Waals surface area contributed by atoms with Crippen molar-refractivity contribution in [3.05, 3.63) is 71.2 Å². The minimum absolute atomic E-state index is 0.195. The zero-order chi connectivity index (χ0) is 20.6. The van der Waals surface area contributed by atoms with Crippen molar-refractivity contribution in [2.45, 2.75) is 18.2 Å². The minimum atomic E-state index is -3.32. The summed E-state index contributed by atoms with van der Waals surface area (Å²) in [6.07, 6.45) is 5.31. The molecule has 0 unspecified atom stereocenters. The van der Waals surface area contributed by atoms with Crippen molar-refractivity contribution >= 4 is 39.1 Å². The Morgan fingerprint density at radius 1 is 1.10 bits per heavy atom. The lowest BCUT2D eigenvalue weighted by Gasteiger charge is -2.11. The second kappa shape index (κ2) is 7.29. The number of nitrogens with zero attached hydrogens (tertiary/aromatic N) is 2. The van der Waals surface area contributed by atoms with Gasteiger partial charge in [-0.05, 0) is 49.2 Å². The van der Waals surface area contributed by atoms with Crippen molar-refractivity contribution < 1.29 is 12.8 Å². The summed E-state index contributed by atoms with van der Waals surface area (Å²) in [4.78, 5) is 8.68. The summed E-state index contributed by atoms with van der Waals surface area (Å²) >= 11 is 0. The lowest BCUT2D eigenvalue weighted by molar-refractivity contribution is 0.602. The third-order valence-electron chi connectivity index (χ3n) is 4.57. The molecule has 6 nitrogen and oxygen atoms in total. The molecule has 8 heteroatoms. The highest BCUT2D eigenvalue weighted by Gasteiger charge is 2.17. The first-order chi connectivity index (χ1) is 13.8. The Morgan fingerprint density at radius 3 is 2.72 bits per heavy atom. The molecule has 0 fully saturated rings. The summed E-state index contributed by atoms with van der Waals surface area (Å²) < 4.78 is 38.3. The maximum atomic E-state index is 14.8. The monoisotopic (exact) mass is 410 g/mol. The fraction of sp³-hybridized carbons (Fsp3) is 0.143. The molecule has 3 aromatic rings. The van der Waals surface area contributed by atoms with Gasteiger partial charge < -0.3 is 10.6 Å². The summed E-state index contributed by atoms with van der Waals surface area (Å²) in [5.74, 6) is 0.366. The van der Waals surface area contributed by atoms with E-state index >= 15 is 0 Å². The first kappa shape index (κ1) is 19.1. The lowest BCUT2D eigenvalue weighted by Crippen LogP contribution is -2.03. The van der Waals surface area contributed by atoms with Crippen LogP contribution in [-0.2, 0) is 16.3 Å². The van der Waals surface area contributed by atoms with E-state index in [1.807, 2.05) is 19.1 Å². The maximum absolute atomic E-state index is 14.8. The van der Waals surface area contributed by atoms with Gasteiger partial charge in [-0.25, -0.2) is 17.8 Å². The predicted octanol–water partition coefficient (Wildman–Crippen LogP) is 4.47. The van der Waals surface area contributed by atoms with E-state index in [2.05, 4.69) is 20.6 Å². The van der Waals surface area contributed by atoms with Crippen LogP contribution in [0.5, 0.6) is 0 Å². The summed E-state index contributed by atoms with van der Waals surface area (Å²) in [5.41, 5.74) is 3.58. The zero-order valence-electron chi connectivity index (χ0n) is 15.9. The number of hydrogen-bond acceptors (Lipinski definition) is 6. The number of benzene rings is 2. The van der Waals surface area contributed by atoms with Crippen LogP contribution in [-0.4, -0.2) is 24.6 Å². The van der Waals surface area contributed by atoms with Crippen LogP contribution in [0.4, 0.5) is 27.5 Å². The molecule has 1 aromatic heterocycles. The second-order valence-corrected chi connectivity index (χ2v) is 9.00. The van der Waals surface area contributed by atoms with Crippen molar-refractivity contribution in [1.82, 2.24) is 9.97 Å². The summed E-state index contributed by atoms with van der Waals surface area (Å²) in [5, 5.41) is 5.96. The third kappa shape index (κ3) is 4.12. The standard InChI is InChI=1S/C21H19FN4O2S/c1-13-10-14-6-7-18(20(22)17(14)11-13)25-19-8-9-23-21(26-19)24-15-4-3-5-16(12-15)29(2,27)28/h3-9,11-12H,10H2,1-2H3,(H2,23,24,25,26). The molecule has 1 heterocycles. The van der Waals surface area contributed by atoms with Crippen LogP contribution >= 0.6 is 0 Å². The average molecular weight is 410 g/mol. The van der Waals surface area contributed by atoms with Gasteiger partial charge >= 0.3 is 0 Å². The Labute approximate surface area is 168 Å². The first-order valence-corrected chi connectivity index (χ1v) is 10.8. The zero-order valence-corrected chi connectivity index (χ0v) is 16.7. The number of anilines is 4. The van der Waals surface area contributed by atoms with Crippen molar-refractivity contribution in [1.29, 1.82) is 0 Å². The summed E-state index contributed by atoms with van der Waals surface area (Å²) in [7, 11) is -3.32. The molecule has 4 rings (SSSR count). The fourth-order valence-electron chi connectivity index (χ4n) is 3.20. The predicted molar refractivity (Wildman–Crippen MR) is 112 cm³/mol. The topological polar surface area (TPSA) is 84.0 Å². The first-order valence-electron chi connectivity index (χ1n) is 8.95. The molecule has 0 spiro atoms. The van der Waals surface area contributed by atoms with Crippen LogP contribution in [0.2, 0.25) is 0 Å². The van der Waals surface area contributed by atoms with Crippen LogP contribution in [0.25, 0.3) is 6.08 Å². The van der Waals surface area contributed by atoms with Gasteiger partial charge in [0.2, 0.25) is 5.95 Å². The van der Waals surface area contributed by atoms with Crippen LogP contribution in [0.3, 0.4) is 0 Å². The quantitative estimate of drug-likeness (QED) is 0.646. The molecular formula is C21H19FN4O2S. The van der Waals surface area contributed by atoms with Gasteiger partial charge in [0.25, 0.3) is 0 Å². The highest BCUT2D eigenvalue weighted by Crippen LogP contribution is 2.32. The van der Waals surface area contributed by atoms with Crippen molar-refractivity contribution in [3.8, 4) is 0 Å². The number of sulfone groups is 1. The molecule has 0 amide bonds. The second-order valence-electron chi connectivity index (χ2n) is 6.98. The van der Waals surface area contributed by atoms with Gasteiger partial charge in [0, 0.05) is 23.7 Å². The van der Waals surface area contributed by atoms with Crippen LogP contribution in [0, 0.1) is 5.82 Å². The Hall–Kier alpha value is -3.26. The minimum Gasteiger partial charge on any atom is -0.338 e. The number of rotatable bonds is 5. The molecule has 2 aromatic carbocycles. The maximum Gasteiger partial charge on any atom is 0.229 e. The third-order valence-corrected chi connectivity index (χ3v) is 5.68. The number of nitrogens with one attached hydrogen (secondary N) is 2. The van der Waals surface area contributed by atoms with Crippen molar-refractivity contribution in [2.75, 3.05) is 16.9 Å². The van der Waals surface area contributed by atoms with Crippen molar-refractivity contribution in [2.24, 2.45) is 0 Å².